The Labute approximate surface area is 98.5 Å². The molecule has 4 unspecified atom stereocenters. The molecule has 3 heteroatoms. The second kappa shape index (κ2) is 5.48. The van der Waals surface area contributed by atoms with Gasteiger partial charge in [-0.2, -0.15) is 0 Å². The molecule has 2 aliphatic rings. The van der Waals surface area contributed by atoms with E-state index >= 15 is 0 Å². The highest BCUT2D eigenvalue weighted by Gasteiger charge is 2.29. The Hall–Kier alpha value is -0.120. The first-order valence-electron chi connectivity index (χ1n) is 6.75. The molecule has 2 fully saturated rings. The summed E-state index contributed by atoms with van der Waals surface area (Å²) in [6, 6.07) is 0. The van der Waals surface area contributed by atoms with Crippen LogP contribution < -0.4 is 0 Å². The first kappa shape index (κ1) is 12.3. The number of aliphatic hydroxyl groups is 2. The zero-order valence-corrected chi connectivity index (χ0v) is 10.3. The minimum Gasteiger partial charge on any atom is -0.393 e. The van der Waals surface area contributed by atoms with Crippen molar-refractivity contribution in [3.05, 3.63) is 0 Å². The van der Waals surface area contributed by atoms with Crippen molar-refractivity contribution in [3.63, 3.8) is 0 Å². The van der Waals surface area contributed by atoms with Crippen LogP contribution in [0.4, 0.5) is 0 Å². The van der Waals surface area contributed by atoms with E-state index in [0.717, 1.165) is 38.9 Å². The number of likely N-dealkylation sites (tertiary alicyclic amines) is 1. The molecule has 0 bridgehead atoms. The Morgan fingerprint density at radius 3 is 2.50 bits per heavy atom. The molecule has 94 valence electrons. The van der Waals surface area contributed by atoms with E-state index in [1.165, 1.54) is 12.8 Å². The first-order valence-corrected chi connectivity index (χ1v) is 6.75. The van der Waals surface area contributed by atoms with Crippen molar-refractivity contribution in [2.75, 3.05) is 19.6 Å². The van der Waals surface area contributed by atoms with E-state index in [-0.39, 0.29) is 12.2 Å². The molecule has 0 aromatic heterocycles. The number of hydrogen-bond acceptors (Lipinski definition) is 3. The number of hydrogen-bond donors (Lipinski definition) is 2. The summed E-state index contributed by atoms with van der Waals surface area (Å²) >= 11 is 0. The highest BCUT2D eigenvalue weighted by Crippen LogP contribution is 2.26. The summed E-state index contributed by atoms with van der Waals surface area (Å²) in [5, 5.41) is 19.8. The maximum atomic E-state index is 9.93. The van der Waals surface area contributed by atoms with Crippen molar-refractivity contribution in [1.29, 1.82) is 0 Å². The smallest absolute Gasteiger partial charge is 0.0693 e. The summed E-state index contributed by atoms with van der Waals surface area (Å²) in [5.74, 6) is 0.877. The van der Waals surface area contributed by atoms with Crippen LogP contribution in [-0.4, -0.2) is 47.0 Å². The van der Waals surface area contributed by atoms with Gasteiger partial charge < -0.3 is 15.1 Å². The van der Waals surface area contributed by atoms with Crippen LogP contribution in [0.2, 0.25) is 0 Å². The van der Waals surface area contributed by atoms with Crippen molar-refractivity contribution in [1.82, 2.24) is 4.90 Å². The van der Waals surface area contributed by atoms with Gasteiger partial charge in [-0.05, 0) is 37.6 Å². The topological polar surface area (TPSA) is 43.7 Å². The molecule has 0 spiro atoms. The molecule has 1 saturated heterocycles. The minimum absolute atomic E-state index is 0.106. The summed E-state index contributed by atoms with van der Waals surface area (Å²) in [5.41, 5.74) is 0. The molecule has 1 heterocycles. The average molecular weight is 227 g/mol. The van der Waals surface area contributed by atoms with Gasteiger partial charge in [-0.25, -0.2) is 0 Å². The minimum atomic E-state index is -0.172. The standard InChI is InChI=1S/C13H25NO2/c1-10-6-7-14(9-13(10)16)8-11-4-2-3-5-12(11)15/h10-13,15-16H,2-9H2,1H3. The zero-order chi connectivity index (χ0) is 11.5. The van der Waals surface area contributed by atoms with Gasteiger partial charge in [0, 0.05) is 13.1 Å². The quantitative estimate of drug-likeness (QED) is 0.746. The van der Waals surface area contributed by atoms with E-state index in [9.17, 15) is 10.2 Å². The van der Waals surface area contributed by atoms with Crippen LogP contribution in [-0.2, 0) is 0 Å². The van der Waals surface area contributed by atoms with Crippen LogP contribution >= 0.6 is 0 Å². The molecule has 3 nitrogen and oxygen atoms in total. The number of rotatable bonds is 2. The zero-order valence-electron chi connectivity index (χ0n) is 10.3. The van der Waals surface area contributed by atoms with Gasteiger partial charge in [0.15, 0.2) is 0 Å². The first-order chi connectivity index (χ1) is 7.66. The third-order valence-electron chi connectivity index (χ3n) is 4.36. The normalized spacial score (nSPS) is 42.2. The molecule has 1 aliphatic heterocycles. The lowest BCUT2D eigenvalue weighted by atomic mass is 9.85. The van der Waals surface area contributed by atoms with Crippen molar-refractivity contribution in [2.24, 2.45) is 11.8 Å². The van der Waals surface area contributed by atoms with E-state index in [0.29, 0.717) is 11.8 Å². The lowest BCUT2D eigenvalue weighted by Gasteiger charge is -2.38. The van der Waals surface area contributed by atoms with Crippen LogP contribution in [0.1, 0.15) is 39.0 Å². The number of β-amino-alcohol motifs (C(OH)–C–C–N with tert-alkyl or cyclic N) is 1. The van der Waals surface area contributed by atoms with E-state index in [1.807, 2.05) is 0 Å². The molecule has 0 radical (unpaired) electrons. The molecule has 1 saturated carbocycles. The van der Waals surface area contributed by atoms with Gasteiger partial charge >= 0.3 is 0 Å². The largest absolute Gasteiger partial charge is 0.393 e. The number of piperidine rings is 1. The summed E-state index contributed by atoms with van der Waals surface area (Å²) in [6.07, 6.45) is 5.37. The molecule has 2 N–H and O–H groups in total. The van der Waals surface area contributed by atoms with E-state index < -0.39 is 0 Å². The van der Waals surface area contributed by atoms with E-state index in [1.54, 1.807) is 0 Å². The molecule has 2 rings (SSSR count). The Balaban J connectivity index is 1.80. The number of nitrogens with zero attached hydrogens (tertiary/aromatic N) is 1. The van der Waals surface area contributed by atoms with Crippen molar-refractivity contribution < 1.29 is 10.2 Å². The van der Waals surface area contributed by atoms with Crippen LogP contribution in [0, 0.1) is 11.8 Å². The van der Waals surface area contributed by atoms with Crippen LogP contribution in [0.5, 0.6) is 0 Å². The predicted octanol–water partition coefficient (Wildman–Crippen LogP) is 1.24. The Kier molecular flexibility index (Phi) is 4.22. The molecule has 16 heavy (non-hydrogen) atoms. The number of aliphatic hydroxyl groups excluding tert-OH is 2. The summed E-state index contributed by atoms with van der Waals surface area (Å²) < 4.78 is 0. The Bertz CT molecular complexity index is 222. The van der Waals surface area contributed by atoms with Gasteiger partial charge in [0.1, 0.15) is 0 Å². The van der Waals surface area contributed by atoms with Gasteiger partial charge in [-0.15, -0.1) is 0 Å². The second-order valence-electron chi connectivity index (χ2n) is 5.70. The predicted molar refractivity (Wildman–Crippen MR) is 64.2 cm³/mol. The van der Waals surface area contributed by atoms with Crippen LogP contribution in [0.25, 0.3) is 0 Å². The molecule has 0 amide bonds. The monoisotopic (exact) mass is 227 g/mol. The fourth-order valence-corrected chi connectivity index (χ4v) is 3.01. The van der Waals surface area contributed by atoms with Crippen LogP contribution in [0.15, 0.2) is 0 Å². The maximum absolute atomic E-state index is 9.93. The van der Waals surface area contributed by atoms with Crippen molar-refractivity contribution >= 4 is 0 Å². The lowest BCUT2D eigenvalue weighted by Crippen LogP contribution is -2.46. The van der Waals surface area contributed by atoms with Gasteiger partial charge in [-0.3, -0.25) is 0 Å². The summed E-state index contributed by atoms with van der Waals surface area (Å²) in [6.45, 7) is 4.98. The van der Waals surface area contributed by atoms with Crippen molar-refractivity contribution in [3.8, 4) is 0 Å². The van der Waals surface area contributed by atoms with E-state index in [4.69, 9.17) is 0 Å². The lowest BCUT2D eigenvalue weighted by molar-refractivity contribution is -0.00276. The Morgan fingerprint density at radius 1 is 1.06 bits per heavy atom. The molecule has 0 aromatic carbocycles. The highest BCUT2D eigenvalue weighted by molar-refractivity contribution is 4.82. The summed E-state index contributed by atoms with van der Waals surface area (Å²) in [7, 11) is 0. The molecular weight excluding hydrogens is 202 g/mol. The van der Waals surface area contributed by atoms with Crippen LogP contribution in [0.3, 0.4) is 0 Å². The molecule has 1 aliphatic carbocycles. The summed E-state index contributed by atoms with van der Waals surface area (Å²) in [4.78, 5) is 2.34. The third-order valence-corrected chi connectivity index (χ3v) is 4.36. The SMILES string of the molecule is CC1CCN(CC2CCCCC2O)CC1O. The van der Waals surface area contributed by atoms with Gasteiger partial charge in [0.25, 0.3) is 0 Å². The fraction of sp³-hybridized carbons (Fsp3) is 1.00. The molecule has 4 atom stereocenters. The fourth-order valence-electron chi connectivity index (χ4n) is 3.01. The Morgan fingerprint density at radius 2 is 1.81 bits per heavy atom. The van der Waals surface area contributed by atoms with Gasteiger partial charge in [0.2, 0.25) is 0 Å². The second-order valence-corrected chi connectivity index (χ2v) is 5.70. The molecule has 0 aromatic rings. The van der Waals surface area contributed by atoms with E-state index in [2.05, 4.69) is 11.8 Å². The van der Waals surface area contributed by atoms with Crippen molar-refractivity contribution in [2.45, 2.75) is 51.2 Å². The van der Waals surface area contributed by atoms with Gasteiger partial charge in [0.05, 0.1) is 12.2 Å². The highest BCUT2D eigenvalue weighted by atomic mass is 16.3. The maximum Gasteiger partial charge on any atom is 0.0693 e. The van der Waals surface area contributed by atoms with Gasteiger partial charge in [-0.1, -0.05) is 19.8 Å². The average Bonchev–Trinajstić information content (AvgIpc) is 2.27. The third kappa shape index (κ3) is 2.96. The molecular formula is C13H25NO2.